The van der Waals surface area contributed by atoms with Gasteiger partial charge in [0.25, 0.3) is 11.5 Å². The molecule has 0 atom stereocenters. The summed E-state index contributed by atoms with van der Waals surface area (Å²) in [6.45, 7) is 10.7. The molecule has 0 spiro atoms. The Labute approximate surface area is 226 Å². The lowest BCUT2D eigenvalue weighted by atomic mass is 10.1. The highest BCUT2D eigenvalue weighted by Gasteiger charge is 2.33. The van der Waals surface area contributed by atoms with Gasteiger partial charge in [0.15, 0.2) is 0 Å². The van der Waals surface area contributed by atoms with Crippen LogP contribution in [-0.2, 0) is 11.3 Å². The maximum atomic E-state index is 13.8. The van der Waals surface area contributed by atoms with Crippen molar-refractivity contribution in [2.24, 2.45) is 5.92 Å². The minimum absolute atomic E-state index is 0.143. The molecule has 37 heavy (non-hydrogen) atoms. The molecule has 0 N–H and O–H groups in total. The molecule has 5 rings (SSSR count). The number of fused-ring (bicyclic) bond motifs is 1. The highest BCUT2D eigenvalue weighted by atomic mass is 32.2. The second kappa shape index (κ2) is 10.8. The van der Waals surface area contributed by atoms with Gasteiger partial charge in [0, 0.05) is 45.5 Å². The number of amides is 1. The van der Waals surface area contributed by atoms with Crippen LogP contribution in [0.4, 0.5) is 5.82 Å². The summed E-state index contributed by atoms with van der Waals surface area (Å²) in [5, 5.41) is 0. The Morgan fingerprint density at radius 3 is 2.49 bits per heavy atom. The Kier molecular flexibility index (Phi) is 7.46. The number of hydrogen-bond donors (Lipinski definition) is 0. The van der Waals surface area contributed by atoms with Gasteiger partial charge in [-0.2, -0.15) is 0 Å². The van der Waals surface area contributed by atoms with Gasteiger partial charge in [0.2, 0.25) is 0 Å². The number of rotatable bonds is 6. The predicted octanol–water partition coefficient (Wildman–Crippen LogP) is 4.18. The predicted molar refractivity (Wildman–Crippen MR) is 155 cm³/mol. The van der Waals surface area contributed by atoms with Crippen LogP contribution in [0.25, 0.3) is 11.7 Å². The molecule has 2 saturated heterocycles. The molecule has 2 aliphatic rings. The van der Waals surface area contributed by atoms with Crippen LogP contribution in [-0.4, -0.2) is 62.1 Å². The maximum absolute atomic E-state index is 13.8. The van der Waals surface area contributed by atoms with Crippen molar-refractivity contribution in [3.05, 3.63) is 80.6 Å². The van der Waals surface area contributed by atoms with Crippen LogP contribution < -0.4 is 10.5 Å². The van der Waals surface area contributed by atoms with Gasteiger partial charge in [0.1, 0.15) is 15.8 Å². The number of aromatic nitrogens is 2. The Morgan fingerprint density at radius 2 is 1.78 bits per heavy atom. The zero-order chi connectivity index (χ0) is 26.1. The van der Waals surface area contributed by atoms with Crippen LogP contribution in [0.15, 0.2) is 58.4 Å². The van der Waals surface area contributed by atoms with Gasteiger partial charge in [-0.1, -0.05) is 74.2 Å². The van der Waals surface area contributed by atoms with Gasteiger partial charge in [-0.25, -0.2) is 4.98 Å². The second-order valence-electron chi connectivity index (χ2n) is 10.0. The van der Waals surface area contributed by atoms with E-state index >= 15 is 0 Å². The van der Waals surface area contributed by atoms with Crippen molar-refractivity contribution in [3.63, 3.8) is 0 Å². The molecule has 192 valence electrons. The third kappa shape index (κ3) is 5.49. The van der Waals surface area contributed by atoms with E-state index in [1.54, 1.807) is 21.6 Å². The number of anilines is 1. The number of piperazine rings is 1. The number of nitrogens with zero attached hydrogens (tertiary/aromatic N) is 5. The van der Waals surface area contributed by atoms with E-state index in [1.807, 2.05) is 25.1 Å². The topological polar surface area (TPSA) is 61.2 Å². The minimum Gasteiger partial charge on any atom is -0.353 e. The highest BCUT2D eigenvalue weighted by molar-refractivity contribution is 8.26. The van der Waals surface area contributed by atoms with Gasteiger partial charge in [0.05, 0.1) is 10.5 Å². The SMILES string of the molecule is Cc1ccc2nc(N3CCN(Cc4ccccc4)CC3)c(/C=C3\SC(=S)N(CC(C)C)C3=O)c(=O)n2c1. The molecule has 0 radical (unpaired) electrons. The zero-order valence-electron chi connectivity index (χ0n) is 21.4. The maximum Gasteiger partial charge on any atom is 0.267 e. The van der Waals surface area contributed by atoms with E-state index < -0.39 is 0 Å². The Balaban J connectivity index is 1.48. The van der Waals surface area contributed by atoms with E-state index in [2.05, 4.69) is 47.9 Å². The lowest BCUT2D eigenvalue weighted by Crippen LogP contribution is -2.47. The van der Waals surface area contributed by atoms with Gasteiger partial charge >= 0.3 is 0 Å². The van der Waals surface area contributed by atoms with Crippen molar-refractivity contribution in [2.45, 2.75) is 27.3 Å². The van der Waals surface area contributed by atoms with Crippen LogP contribution in [0.5, 0.6) is 0 Å². The number of carbonyl (C=O) groups is 1. The second-order valence-corrected chi connectivity index (χ2v) is 11.7. The van der Waals surface area contributed by atoms with Crippen molar-refractivity contribution >= 4 is 51.7 Å². The summed E-state index contributed by atoms with van der Waals surface area (Å²) in [6, 6.07) is 14.3. The molecular weight excluding hydrogens is 502 g/mol. The zero-order valence-corrected chi connectivity index (χ0v) is 23.0. The first-order valence-electron chi connectivity index (χ1n) is 12.6. The summed E-state index contributed by atoms with van der Waals surface area (Å²) in [7, 11) is 0. The molecule has 9 heteroatoms. The smallest absolute Gasteiger partial charge is 0.267 e. The quantitative estimate of drug-likeness (QED) is 0.348. The molecule has 3 aromatic rings. The number of hydrogen-bond acceptors (Lipinski definition) is 7. The van der Waals surface area contributed by atoms with Crippen molar-refractivity contribution in [1.82, 2.24) is 19.2 Å². The number of thiocarbonyl (C=S) groups is 1. The Bertz CT molecular complexity index is 1430. The fourth-order valence-electron chi connectivity index (χ4n) is 4.73. The van der Waals surface area contributed by atoms with E-state index in [0.29, 0.717) is 38.7 Å². The summed E-state index contributed by atoms with van der Waals surface area (Å²) >= 11 is 6.75. The van der Waals surface area contributed by atoms with E-state index in [0.717, 1.165) is 38.3 Å². The summed E-state index contributed by atoms with van der Waals surface area (Å²) in [5.41, 5.74) is 3.11. The molecule has 7 nitrogen and oxygen atoms in total. The summed E-state index contributed by atoms with van der Waals surface area (Å²) < 4.78 is 2.11. The van der Waals surface area contributed by atoms with Crippen LogP contribution in [0.1, 0.15) is 30.5 Å². The van der Waals surface area contributed by atoms with E-state index in [4.69, 9.17) is 17.2 Å². The number of aryl methyl sites for hydroxylation is 1. The minimum atomic E-state index is -0.176. The molecule has 0 saturated carbocycles. The normalized spacial score (nSPS) is 18.1. The first-order chi connectivity index (χ1) is 17.8. The lowest BCUT2D eigenvalue weighted by Gasteiger charge is -2.36. The Hall–Kier alpha value is -3.01. The number of benzene rings is 1. The molecule has 0 unspecified atom stereocenters. The highest BCUT2D eigenvalue weighted by Crippen LogP contribution is 2.34. The molecule has 0 bridgehead atoms. The van der Waals surface area contributed by atoms with Gasteiger partial charge in [-0.05, 0) is 36.1 Å². The van der Waals surface area contributed by atoms with E-state index in [1.165, 1.54) is 17.3 Å². The average molecular weight is 534 g/mol. The average Bonchev–Trinajstić information content (AvgIpc) is 3.14. The van der Waals surface area contributed by atoms with E-state index in [9.17, 15) is 9.59 Å². The molecule has 0 aliphatic carbocycles. The monoisotopic (exact) mass is 533 g/mol. The summed E-state index contributed by atoms with van der Waals surface area (Å²) in [4.78, 5) is 38.6. The number of thioether (sulfide) groups is 1. The third-order valence-corrected chi connectivity index (χ3v) is 7.98. The van der Waals surface area contributed by atoms with Crippen LogP contribution in [0, 0.1) is 12.8 Å². The standard InChI is InChI=1S/C28H31N5O2S2/c1-19(2)16-33-27(35)23(37-28(33)36)15-22-25(29-24-10-9-20(3)17-32(24)26(22)34)31-13-11-30(12-14-31)18-21-7-5-4-6-8-21/h4-10,15,17,19H,11-14,16,18H2,1-3H3/b23-15-. The fraction of sp³-hybridized carbons (Fsp3) is 0.357. The van der Waals surface area contributed by atoms with Crippen LogP contribution >= 0.6 is 24.0 Å². The fourth-order valence-corrected chi connectivity index (χ4v) is 5.98. The number of carbonyl (C=O) groups excluding carboxylic acids is 1. The first-order valence-corrected chi connectivity index (χ1v) is 13.8. The molecule has 1 amide bonds. The molecule has 4 heterocycles. The Morgan fingerprint density at radius 1 is 1.05 bits per heavy atom. The molecular formula is C28H31N5O2S2. The van der Waals surface area contributed by atoms with E-state index in [-0.39, 0.29) is 11.5 Å². The van der Waals surface area contributed by atoms with Crippen LogP contribution in [0.2, 0.25) is 0 Å². The van der Waals surface area contributed by atoms with Crippen molar-refractivity contribution < 1.29 is 4.79 Å². The number of pyridine rings is 1. The summed E-state index contributed by atoms with van der Waals surface area (Å²) in [5.74, 6) is 0.777. The largest absolute Gasteiger partial charge is 0.353 e. The van der Waals surface area contributed by atoms with Crippen molar-refractivity contribution in [1.29, 1.82) is 0 Å². The first kappa shape index (κ1) is 25.6. The van der Waals surface area contributed by atoms with Crippen molar-refractivity contribution in [2.75, 3.05) is 37.6 Å². The molecule has 2 fully saturated rings. The van der Waals surface area contributed by atoms with Gasteiger partial charge in [-0.3, -0.25) is 23.8 Å². The molecule has 1 aromatic carbocycles. The van der Waals surface area contributed by atoms with Crippen LogP contribution in [0.3, 0.4) is 0 Å². The van der Waals surface area contributed by atoms with Crippen molar-refractivity contribution in [3.8, 4) is 0 Å². The molecule has 2 aromatic heterocycles. The van der Waals surface area contributed by atoms with Gasteiger partial charge in [-0.15, -0.1) is 0 Å². The lowest BCUT2D eigenvalue weighted by molar-refractivity contribution is -0.122. The van der Waals surface area contributed by atoms with Gasteiger partial charge < -0.3 is 4.90 Å². The molecule has 2 aliphatic heterocycles. The summed E-state index contributed by atoms with van der Waals surface area (Å²) in [6.07, 6.45) is 3.50. The third-order valence-electron chi connectivity index (χ3n) is 6.60.